The fourth-order valence-electron chi connectivity index (χ4n) is 4.95. The summed E-state index contributed by atoms with van der Waals surface area (Å²) in [5.74, 6) is 0.950. The molecule has 1 aliphatic carbocycles. The molecule has 3 fully saturated rings. The van der Waals surface area contributed by atoms with Gasteiger partial charge in [0, 0.05) is 17.7 Å². The SMILES string of the molecule is O=S1(=O)CC2(CCN([C@@H]3CC[C@@H](c4ccc(C(F)(F)F)nc4)C3)CC2)C1. The van der Waals surface area contributed by atoms with Gasteiger partial charge in [-0.1, -0.05) is 6.07 Å². The number of aromatic nitrogens is 1. The highest BCUT2D eigenvalue weighted by atomic mass is 32.2. The number of hydrogen-bond acceptors (Lipinski definition) is 4. The van der Waals surface area contributed by atoms with Crippen molar-refractivity contribution in [3.8, 4) is 0 Å². The number of pyridine rings is 1. The van der Waals surface area contributed by atoms with Crippen molar-refractivity contribution >= 4 is 9.84 Å². The van der Waals surface area contributed by atoms with Gasteiger partial charge >= 0.3 is 6.18 Å². The van der Waals surface area contributed by atoms with Crippen LogP contribution < -0.4 is 0 Å². The molecule has 26 heavy (non-hydrogen) atoms. The summed E-state index contributed by atoms with van der Waals surface area (Å²) in [6, 6.07) is 3.08. The minimum atomic E-state index is -4.39. The first-order valence-electron chi connectivity index (χ1n) is 9.14. The lowest BCUT2D eigenvalue weighted by Crippen LogP contribution is -2.55. The molecular weight excluding hydrogens is 365 g/mol. The molecule has 1 saturated carbocycles. The predicted molar refractivity (Wildman–Crippen MR) is 91.5 cm³/mol. The molecule has 2 aliphatic heterocycles. The monoisotopic (exact) mass is 388 g/mol. The average molecular weight is 388 g/mol. The van der Waals surface area contributed by atoms with Crippen LogP contribution in [0.15, 0.2) is 18.3 Å². The van der Waals surface area contributed by atoms with Crippen LogP contribution in [0.2, 0.25) is 0 Å². The van der Waals surface area contributed by atoms with Gasteiger partial charge in [0.05, 0.1) is 11.5 Å². The van der Waals surface area contributed by atoms with Crippen molar-refractivity contribution < 1.29 is 21.6 Å². The predicted octanol–water partition coefficient (Wildman–Crippen LogP) is 3.25. The lowest BCUT2D eigenvalue weighted by atomic mass is 9.80. The molecule has 144 valence electrons. The van der Waals surface area contributed by atoms with Crippen LogP contribution in [-0.2, 0) is 16.0 Å². The van der Waals surface area contributed by atoms with E-state index in [1.54, 1.807) is 6.07 Å². The van der Waals surface area contributed by atoms with Crippen molar-refractivity contribution in [1.82, 2.24) is 9.88 Å². The van der Waals surface area contributed by atoms with Gasteiger partial charge in [-0.3, -0.25) is 4.98 Å². The number of likely N-dealkylation sites (tertiary alicyclic amines) is 1. The first-order chi connectivity index (χ1) is 12.2. The second kappa shape index (κ2) is 6.19. The molecule has 3 heterocycles. The van der Waals surface area contributed by atoms with Gasteiger partial charge in [0.2, 0.25) is 0 Å². The van der Waals surface area contributed by atoms with E-state index in [4.69, 9.17) is 0 Å². The summed E-state index contributed by atoms with van der Waals surface area (Å²) in [7, 11) is -2.79. The molecule has 1 spiro atoms. The van der Waals surface area contributed by atoms with Crippen LogP contribution in [-0.4, -0.2) is 48.9 Å². The maximum Gasteiger partial charge on any atom is 0.433 e. The van der Waals surface area contributed by atoms with Crippen LogP contribution in [0, 0.1) is 5.41 Å². The molecular formula is C18H23F3N2O2S. The summed E-state index contributed by atoms with van der Waals surface area (Å²) in [6.45, 7) is 1.86. The van der Waals surface area contributed by atoms with E-state index in [0.29, 0.717) is 17.5 Å². The fourth-order valence-corrected chi connectivity index (χ4v) is 7.31. The molecule has 1 aromatic rings. The molecule has 2 saturated heterocycles. The van der Waals surface area contributed by atoms with Crippen molar-refractivity contribution in [1.29, 1.82) is 0 Å². The molecule has 4 rings (SSSR count). The zero-order chi connectivity index (χ0) is 18.6. The second-order valence-corrected chi connectivity index (χ2v) is 10.3. The molecule has 0 aromatic carbocycles. The minimum absolute atomic E-state index is 0.0185. The highest BCUT2D eigenvalue weighted by molar-refractivity contribution is 7.92. The molecule has 1 aromatic heterocycles. The van der Waals surface area contributed by atoms with E-state index in [9.17, 15) is 21.6 Å². The lowest BCUT2D eigenvalue weighted by Gasteiger charge is -2.48. The summed E-state index contributed by atoms with van der Waals surface area (Å²) in [4.78, 5) is 6.04. The maximum atomic E-state index is 12.6. The Morgan fingerprint density at radius 1 is 1.12 bits per heavy atom. The lowest BCUT2D eigenvalue weighted by molar-refractivity contribution is -0.141. The van der Waals surface area contributed by atoms with Gasteiger partial charge in [-0.25, -0.2) is 8.42 Å². The van der Waals surface area contributed by atoms with Gasteiger partial charge in [-0.15, -0.1) is 0 Å². The molecule has 0 N–H and O–H groups in total. The molecule has 2 atom stereocenters. The van der Waals surface area contributed by atoms with E-state index in [1.807, 2.05) is 0 Å². The Morgan fingerprint density at radius 3 is 2.35 bits per heavy atom. The number of piperidine rings is 1. The van der Waals surface area contributed by atoms with Crippen molar-refractivity contribution in [2.45, 2.75) is 50.2 Å². The number of rotatable bonds is 2. The summed E-state index contributed by atoms with van der Waals surface area (Å²) in [6.07, 6.45) is 1.81. The number of hydrogen-bond donors (Lipinski definition) is 0. The minimum Gasteiger partial charge on any atom is -0.300 e. The average Bonchev–Trinajstić information content (AvgIpc) is 3.03. The smallest absolute Gasteiger partial charge is 0.300 e. The Hall–Kier alpha value is -1.15. The Labute approximate surface area is 151 Å². The van der Waals surface area contributed by atoms with Gasteiger partial charge in [0.15, 0.2) is 9.84 Å². The van der Waals surface area contributed by atoms with E-state index < -0.39 is 21.7 Å². The van der Waals surface area contributed by atoms with Crippen molar-refractivity contribution in [3.05, 3.63) is 29.6 Å². The number of halogens is 3. The second-order valence-electron chi connectivity index (χ2n) is 8.21. The highest BCUT2D eigenvalue weighted by Crippen LogP contribution is 2.45. The molecule has 0 bridgehead atoms. The third-order valence-electron chi connectivity index (χ3n) is 6.38. The maximum absolute atomic E-state index is 12.6. The molecule has 3 aliphatic rings. The third kappa shape index (κ3) is 3.50. The zero-order valence-electron chi connectivity index (χ0n) is 14.5. The molecule has 8 heteroatoms. The highest BCUT2D eigenvalue weighted by Gasteiger charge is 2.50. The number of nitrogens with zero attached hydrogens (tertiary/aromatic N) is 2. The molecule has 4 nitrogen and oxygen atoms in total. The first kappa shape index (κ1) is 18.2. The van der Waals surface area contributed by atoms with E-state index in [0.717, 1.165) is 56.8 Å². The first-order valence-corrected chi connectivity index (χ1v) is 11.0. The van der Waals surface area contributed by atoms with E-state index >= 15 is 0 Å². The van der Waals surface area contributed by atoms with Gasteiger partial charge in [0.1, 0.15) is 5.69 Å². The summed E-state index contributed by atoms with van der Waals surface area (Å²) in [5.41, 5.74) is 0.0664. The van der Waals surface area contributed by atoms with Crippen molar-refractivity contribution in [2.24, 2.45) is 5.41 Å². The molecule has 0 unspecified atom stereocenters. The number of alkyl halides is 3. The fraction of sp³-hybridized carbons (Fsp3) is 0.722. The van der Waals surface area contributed by atoms with Crippen molar-refractivity contribution in [3.63, 3.8) is 0 Å². The van der Waals surface area contributed by atoms with Crippen molar-refractivity contribution in [2.75, 3.05) is 24.6 Å². The third-order valence-corrected chi connectivity index (χ3v) is 8.48. The van der Waals surface area contributed by atoms with Crippen LogP contribution in [0.1, 0.15) is 49.3 Å². The Bertz CT molecular complexity index is 755. The Kier molecular flexibility index (Phi) is 4.34. The summed E-state index contributed by atoms with van der Waals surface area (Å²) >= 11 is 0. The molecule has 0 amide bonds. The quantitative estimate of drug-likeness (QED) is 0.781. The van der Waals surface area contributed by atoms with Gasteiger partial charge in [-0.05, 0) is 62.7 Å². The number of sulfone groups is 1. The van der Waals surface area contributed by atoms with Gasteiger partial charge < -0.3 is 4.90 Å². The largest absolute Gasteiger partial charge is 0.433 e. The Morgan fingerprint density at radius 2 is 1.81 bits per heavy atom. The van der Waals surface area contributed by atoms with E-state index in [2.05, 4.69) is 9.88 Å². The summed E-state index contributed by atoms with van der Waals surface area (Å²) < 4.78 is 60.9. The van der Waals surface area contributed by atoms with Crippen LogP contribution in [0.4, 0.5) is 13.2 Å². The van der Waals surface area contributed by atoms with E-state index in [-0.39, 0.29) is 11.3 Å². The van der Waals surface area contributed by atoms with Crippen LogP contribution in [0.5, 0.6) is 0 Å². The van der Waals surface area contributed by atoms with E-state index in [1.165, 1.54) is 6.20 Å². The van der Waals surface area contributed by atoms with Crippen LogP contribution in [0.25, 0.3) is 0 Å². The summed E-state index contributed by atoms with van der Waals surface area (Å²) in [5, 5.41) is 0. The normalized spacial score (nSPS) is 31.0. The Balaban J connectivity index is 1.33. The van der Waals surface area contributed by atoms with Crippen LogP contribution in [0.3, 0.4) is 0 Å². The standard InChI is InChI=1S/C18H23F3N2O2S/c19-18(20,21)16-4-2-14(10-22-16)13-1-3-15(9-13)23-7-5-17(6-8-23)11-26(24,25)12-17/h2,4,10,13,15H,1,3,5-9,11-12H2/t13-,15-/m1/s1. The van der Waals surface area contributed by atoms with Gasteiger partial charge in [0.25, 0.3) is 0 Å². The van der Waals surface area contributed by atoms with Crippen LogP contribution >= 0.6 is 0 Å². The molecule has 0 radical (unpaired) electrons. The zero-order valence-corrected chi connectivity index (χ0v) is 15.3. The topological polar surface area (TPSA) is 50.3 Å². The van der Waals surface area contributed by atoms with Gasteiger partial charge in [-0.2, -0.15) is 13.2 Å².